The van der Waals surface area contributed by atoms with Crippen LogP contribution in [0.15, 0.2) is 71.7 Å². The number of amides is 4. The quantitative estimate of drug-likeness (QED) is 0.168. The van der Waals surface area contributed by atoms with Gasteiger partial charge in [-0.25, -0.2) is 13.6 Å². The number of aromatic nitrogens is 3. The van der Waals surface area contributed by atoms with Gasteiger partial charge < -0.3 is 15.1 Å². The van der Waals surface area contributed by atoms with Gasteiger partial charge in [0.2, 0.25) is 11.8 Å². The number of alkyl halides is 2. The van der Waals surface area contributed by atoms with Crippen LogP contribution in [0.1, 0.15) is 94.1 Å². The molecule has 5 aromatic rings. The molecule has 0 bridgehead atoms. The molecule has 3 aliphatic heterocycles. The molecule has 0 spiro atoms. The van der Waals surface area contributed by atoms with E-state index < -0.39 is 24.3 Å². The second kappa shape index (κ2) is 15.1. The Morgan fingerprint density at radius 2 is 1.79 bits per heavy atom. The Bertz CT molecular complexity index is 2610. The molecule has 1 saturated heterocycles. The van der Waals surface area contributed by atoms with E-state index in [2.05, 4.69) is 40.4 Å². The minimum absolute atomic E-state index is 0.123. The zero-order valence-electron chi connectivity index (χ0n) is 32.6. The number of rotatable bonds is 9. The maximum Gasteiger partial charge on any atom is 0.328 e. The molecule has 8 rings (SSSR count). The van der Waals surface area contributed by atoms with Crippen LogP contribution in [0.3, 0.4) is 0 Å². The van der Waals surface area contributed by atoms with E-state index in [-0.39, 0.29) is 60.6 Å². The lowest BCUT2D eigenvalue weighted by molar-refractivity contribution is -0.136. The predicted octanol–water partition coefficient (Wildman–Crippen LogP) is 6.29. The number of nitrogens with zero attached hydrogens (tertiary/aromatic N) is 5. The zero-order valence-corrected chi connectivity index (χ0v) is 32.6. The summed E-state index contributed by atoms with van der Waals surface area (Å²) in [6, 6.07) is 15.1. The highest BCUT2D eigenvalue weighted by atomic mass is 19.3. The first-order valence-corrected chi connectivity index (χ1v) is 19.4. The number of pyridine rings is 1. The van der Waals surface area contributed by atoms with E-state index in [4.69, 9.17) is 0 Å². The minimum Gasteiger partial charge on any atom is -0.347 e. The summed E-state index contributed by atoms with van der Waals surface area (Å²) in [4.78, 5) is 71.1. The Balaban J connectivity index is 0.980. The summed E-state index contributed by atoms with van der Waals surface area (Å²) in [7, 11) is 3.51. The SMILES string of the molecule is CC(C)c1cc(N2CCCc3cc(-c4ccc(C(=O)NC/C=C/c5cccc6c5CN(C5CCC(=O)NC5=O)C6=O)nc4)c(C(F)F)cc32)cc2c1n(C)c(=O)n2C. The number of anilines is 2. The van der Waals surface area contributed by atoms with Crippen molar-refractivity contribution < 1.29 is 28.0 Å². The fourth-order valence-electron chi connectivity index (χ4n) is 8.50. The number of carbonyl (C=O) groups is 4. The van der Waals surface area contributed by atoms with Gasteiger partial charge in [0, 0.05) is 74.4 Å². The molecule has 298 valence electrons. The smallest absolute Gasteiger partial charge is 0.328 e. The Morgan fingerprint density at radius 3 is 2.52 bits per heavy atom. The number of aryl methyl sites for hydroxylation is 3. The Hall–Kier alpha value is -6.44. The molecule has 1 unspecified atom stereocenters. The lowest BCUT2D eigenvalue weighted by Crippen LogP contribution is -2.52. The van der Waals surface area contributed by atoms with Crippen LogP contribution in [0.2, 0.25) is 0 Å². The van der Waals surface area contributed by atoms with Gasteiger partial charge in [0.25, 0.3) is 18.2 Å². The highest BCUT2D eigenvalue weighted by molar-refractivity contribution is 6.06. The summed E-state index contributed by atoms with van der Waals surface area (Å²) in [6.45, 7) is 5.16. The second-order valence-corrected chi connectivity index (χ2v) is 15.4. The fraction of sp³-hybridized carbons (Fsp3) is 0.318. The van der Waals surface area contributed by atoms with E-state index in [9.17, 15) is 32.8 Å². The molecular formula is C44H43F2N7O5. The number of imide groups is 1. The van der Waals surface area contributed by atoms with Crippen molar-refractivity contribution in [1.82, 2.24) is 29.7 Å². The largest absolute Gasteiger partial charge is 0.347 e. The normalized spacial score (nSPS) is 16.8. The number of hydrogen-bond acceptors (Lipinski definition) is 7. The van der Waals surface area contributed by atoms with Crippen molar-refractivity contribution in [3.63, 3.8) is 0 Å². The average Bonchev–Trinajstić information content (AvgIpc) is 3.66. The van der Waals surface area contributed by atoms with Gasteiger partial charge in [-0.05, 0) is 89.4 Å². The van der Waals surface area contributed by atoms with E-state index in [0.717, 1.165) is 45.4 Å². The van der Waals surface area contributed by atoms with Crippen LogP contribution in [-0.4, -0.2) is 61.8 Å². The summed E-state index contributed by atoms with van der Waals surface area (Å²) in [6.07, 6.45) is 4.16. The number of imidazole rings is 1. The summed E-state index contributed by atoms with van der Waals surface area (Å²) >= 11 is 0. The number of hydrogen-bond donors (Lipinski definition) is 2. The van der Waals surface area contributed by atoms with Crippen LogP contribution >= 0.6 is 0 Å². The van der Waals surface area contributed by atoms with Gasteiger partial charge in [-0.15, -0.1) is 0 Å². The molecule has 1 fully saturated rings. The molecule has 14 heteroatoms. The minimum atomic E-state index is -2.77. The summed E-state index contributed by atoms with van der Waals surface area (Å²) in [5.74, 6) is -1.41. The molecule has 5 heterocycles. The van der Waals surface area contributed by atoms with Crippen LogP contribution in [0.25, 0.3) is 28.2 Å². The maximum atomic E-state index is 14.8. The Labute approximate surface area is 333 Å². The van der Waals surface area contributed by atoms with Crippen LogP contribution in [0.5, 0.6) is 0 Å². The van der Waals surface area contributed by atoms with Crippen molar-refractivity contribution in [2.24, 2.45) is 14.1 Å². The fourth-order valence-corrected chi connectivity index (χ4v) is 8.50. The summed E-state index contributed by atoms with van der Waals surface area (Å²) in [5, 5.41) is 5.11. The standard InChI is InChI=1S/C44H43F2N7O5/c1-24(2)30-19-28(20-37-39(30)51(4)44(58)50(37)3)52-17-7-10-26-18-31(32(40(45)46)21-36(26)52)27-12-13-34(48-22-27)41(55)47-16-6-9-25-8-5-11-29-33(25)23-53(43(29)57)35-14-15-38(54)49-42(35)56/h5-6,8-9,11-13,18-22,24,35,40H,7,10,14-17,23H2,1-4H3,(H,47,55)(H,49,54,56)/b9-6+. The maximum absolute atomic E-state index is 14.8. The van der Waals surface area contributed by atoms with Gasteiger partial charge in [0.1, 0.15) is 11.7 Å². The number of carbonyl (C=O) groups excluding carboxylic acids is 4. The van der Waals surface area contributed by atoms with Gasteiger partial charge in [0.15, 0.2) is 0 Å². The number of nitrogens with one attached hydrogen (secondary N) is 2. The van der Waals surface area contributed by atoms with Gasteiger partial charge in [-0.3, -0.25) is 38.6 Å². The van der Waals surface area contributed by atoms with E-state index in [0.29, 0.717) is 35.3 Å². The monoisotopic (exact) mass is 787 g/mol. The summed E-state index contributed by atoms with van der Waals surface area (Å²) < 4.78 is 32.9. The molecule has 0 saturated carbocycles. The Kier molecular flexibility index (Phi) is 10.0. The lowest BCUT2D eigenvalue weighted by atomic mass is 9.91. The molecule has 2 N–H and O–H groups in total. The van der Waals surface area contributed by atoms with Crippen molar-refractivity contribution in [3.05, 3.63) is 116 Å². The molecule has 58 heavy (non-hydrogen) atoms. The van der Waals surface area contributed by atoms with Crippen LogP contribution < -0.4 is 21.2 Å². The van der Waals surface area contributed by atoms with Crippen LogP contribution in [0.4, 0.5) is 20.2 Å². The molecule has 1 atom stereocenters. The number of benzene rings is 3. The van der Waals surface area contributed by atoms with Gasteiger partial charge in [-0.2, -0.15) is 0 Å². The lowest BCUT2D eigenvalue weighted by Gasteiger charge is -2.33. The predicted molar refractivity (Wildman–Crippen MR) is 216 cm³/mol. The number of fused-ring (bicyclic) bond motifs is 3. The number of halogens is 2. The molecule has 2 aromatic heterocycles. The molecular weight excluding hydrogens is 745 g/mol. The zero-order chi connectivity index (χ0) is 41.0. The van der Waals surface area contributed by atoms with Crippen molar-refractivity contribution in [2.45, 2.75) is 64.5 Å². The van der Waals surface area contributed by atoms with Gasteiger partial charge in [-0.1, -0.05) is 44.2 Å². The third kappa shape index (κ3) is 6.75. The van der Waals surface area contributed by atoms with Crippen LogP contribution in [-0.2, 0) is 36.6 Å². The van der Waals surface area contributed by atoms with Crippen molar-refractivity contribution in [3.8, 4) is 11.1 Å². The van der Waals surface area contributed by atoms with E-state index in [1.165, 1.54) is 17.2 Å². The molecule has 0 radical (unpaired) electrons. The molecule has 3 aliphatic rings. The molecule has 0 aliphatic carbocycles. The van der Waals surface area contributed by atoms with Gasteiger partial charge >= 0.3 is 5.69 Å². The topological polar surface area (TPSA) is 139 Å². The Morgan fingerprint density at radius 1 is 0.983 bits per heavy atom. The molecule has 12 nitrogen and oxygen atoms in total. The first kappa shape index (κ1) is 38.4. The molecule has 4 amide bonds. The van der Waals surface area contributed by atoms with Crippen molar-refractivity contribution in [2.75, 3.05) is 18.0 Å². The summed E-state index contributed by atoms with van der Waals surface area (Å²) in [5.41, 5.74) is 7.83. The van der Waals surface area contributed by atoms with E-state index in [1.807, 2.05) is 18.2 Å². The third-order valence-electron chi connectivity index (χ3n) is 11.5. The highest BCUT2D eigenvalue weighted by Crippen LogP contribution is 2.43. The average molecular weight is 788 g/mol. The van der Waals surface area contributed by atoms with E-state index >= 15 is 0 Å². The molecule has 3 aromatic carbocycles. The van der Waals surface area contributed by atoms with Crippen LogP contribution in [0, 0.1) is 0 Å². The van der Waals surface area contributed by atoms with Gasteiger partial charge in [0.05, 0.1) is 11.0 Å². The number of piperidine rings is 1. The first-order chi connectivity index (χ1) is 27.8. The van der Waals surface area contributed by atoms with Crippen molar-refractivity contribution in [1.29, 1.82) is 0 Å². The third-order valence-corrected chi connectivity index (χ3v) is 11.5. The van der Waals surface area contributed by atoms with Crippen molar-refractivity contribution >= 4 is 52.1 Å². The van der Waals surface area contributed by atoms with E-state index in [1.54, 1.807) is 59.6 Å². The first-order valence-electron chi connectivity index (χ1n) is 19.4. The second-order valence-electron chi connectivity index (χ2n) is 15.4. The highest BCUT2D eigenvalue weighted by Gasteiger charge is 2.39.